The van der Waals surface area contributed by atoms with Crippen molar-refractivity contribution in [2.75, 3.05) is 13.2 Å². The number of nitrogens with one attached hydrogen (secondary N) is 1. The second kappa shape index (κ2) is 8.16. The van der Waals surface area contributed by atoms with Gasteiger partial charge in [-0.05, 0) is 24.1 Å². The Morgan fingerprint density at radius 1 is 1.30 bits per heavy atom. The molecule has 0 heterocycles. The van der Waals surface area contributed by atoms with Gasteiger partial charge in [0, 0.05) is 13.0 Å². The van der Waals surface area contributed by atoms with E-state index in [1.54, 1.807) is 12.1 Å². The van der Waals surface area contributed by atoms with E-state index in [9.17, 15) is 9.59 Å². The van der Waals surface area contributed by atoms with E-state index in [-0.39, 0.29) is 19.6 Å². The van der Waals surface area contributed by atoms with Crippen molar-refractivity contribution in [3.8, 4) is 5.75 Å². The van der Waals surface area contributed by atoms with Gasteiger partial charge in [0.1, 0.15) is 11.8 Å². The Bertz CT molecular complexity index is 443. The standard InChI is InChI=1S/C14H19NO5/c1-2-10-3-5-11(6-4-10)20-9-13(17)15-12(7-8-16)14(18)19/h3-6,12,16H,2,7-9H2,1H3,(H,15,17)(H,18,19)/t12-/m0/s1. The second-order valence-corrected chi connectivity index (χ2v) is 4.26. The number of ether oxygens (including phenoxy) is 1. The first-order chi connectivity index (χ1) is 9.56. The van der Waals surface area contributed by atoms with Crippen LogP contribution in [0.1, 0.15) is 18.9 Å². The number of hydrogen-bond donors (Lipinski definition) is 3. The van der Waals surface area contributed by atoms with Gasteiger partial charge in [-0.3, -0.25) is 4.79 Å². The maximum atomic E-state index is 11.5. The zero-order valence-electron chi connectivity index (χ0n) is 11.3. The lowest BCUT2D eigenvalue weighted by Gasteiger charge is -2.13. The molecule has 0 aliphatic heterocycles. The second-order valence-electron chi connectivity index (χ2n) is 4.26. The van der Waals surface area contributed by atoms with E-state index < -0.39 is 17.9 Å². The van der Waals surface area contributed by atoms with Crippen LogP contribution in [0.25, 0.3) is 0 Å². The van der Waals surface area contributed by atoms with Crippen molar-refractivity contribution < 1.29 is 24.5 Å². The molecule has 1 rings (SSSR count). The fraction of sp³-hybridized carbons (Fsp3) is 0.429. The van der Waals surface area contributed by atoms with Gasteiger partial charge in [-0.1, -0.05) is 19.1 Å². The van der Waals surface area contributed by atoms with Gasteiger partial charge in [-0.25, -0.2) is 4.79 Å². The van der Waals surface area contributed by atoms with E-state index in [0.717, 1.165) is 12.0 Å². The van der Waals surface area contributed by atoms with Crippen LogP contribution in [0.3, 0.4) is 0 Å². The average Bonchev–Trinajstić information content (AvgIpc) is 2.45. The summed E-state index contributed by atoms with van der Waals surface area (Å²) in [6, 6.07) is 6.22. The van der Waals surface area contributed by atoms with E-state index in [0.29, 0.717) is 5.75 Å². The maximum absolute atomic E-state index is 11.5. The number of aliphatic hydroxyl groups is 1. The number of benzene rings is 1. The Balaban J connectivity index is 2.43. The molecule has 110 valence electrons. The van der Waals surface area contributed by atoms with Gasteiger partial charge in [0.15, 0.2) is 6.61 Å². The SMILES string of the molecule is CCc1ccc(OCC(=O)N[C@@H](CCO)C(=O)O)cc1. The lowest BCUT2D eigenvalue weighted by Crippen LogP contribution is -2.43. The summed E-state index contributed by atoms with van der Waals surface area (Å²) in [5.41, 5.74) is 1.16. The first-order valence-corrected chi connectivity index (χ1v) is 6.41. The number of rotatable bonds is 8. The highest BCUT2D eigenvalue weighted by Crippen LogP contribution is 2.12. The molecule has 1 amide bonds. The van der Waals surface area contributed by atoms with E-state index in [2.05, 4.69) is 5.32 Å². The molecule has 0 unspecified atom stereocenters. The Morgan fingerprint density at radius 2 is 1.95 bits per heavy atom. The van der Waals surface area contributed by atoms with E-state index >= 15 is 0 Å². The molecule has 20 heavy (non-hydrogen) atoms. The Hall–Kier alpha value is -2.08. The van der Waals surface area contributed by atoms with Gasteiger partial charge in [0.25, 0.3) is 5.91 Å². The van der Waals surface area contributed by atoms with Crippen molar-refractivity contribution in [1.29, 1.82) is 0 Å². The van der Waals surface area contributed by atoms with Crippen LogP contribution in [0.15, 0.2) is 24.3 Å². The number of amides is 1. The molecule has 1 aromatic carbocycles. The summed E-state index contributed by atoms with van der Waals surface area (Å²) in [4.78, 5) is 22.4. The zero-order valence-corrected chi connectivity index (χ0v) is 11.3. The number of hydrogen-bond acceptors (Lipinski definition) is 4. The molecule has 0 aromatic heterocycles. The van der Waals surface area contributed by atoms with Crippen LogP contribution in [-0.4, -0.2) is 41.3 Å². The van der Waals surface area contributed by atoms with Crippen LogP contribution in [0.4, 0.5) is 0 Å². The van der Waals surface area contributed by atoms with E-state index in [1.165, 1.54) is 0 Å². The molecule has 0 fully saturated rings. The highest BCUT2D eigenvalue weighted by molar-refractivity contribution is 5.84. The van der Waals surface area contributed by atoms with Gasteiger partial charge in [-0.15, -0.1) is 0 Å². The summed E-state index contributed by atoms with van der Waals surface area (Å²) < 4.78 is 5.26. The third-order valence-corrected chi connectivity index (χ3v) is 2.75. The van der Waals surface area contributed by atoms with Crippen molar-refractivity contribution >= 4 is 11.9 Å². The smallest absolute Gasteiger partial charge is 0.326 e. The third kappa shape index (κ3) is 5.27. The first-order valence-electron chi connectivity index (χ1n) is 6.41. The number of carboxylic acid groups (broad SMARTS) is 1. The van der Waals surface area contributed by atoms with Crippen LogP contribution in [0.5, 0.6) is 5.75 Å². The molecule has 1 aromatic rings. The summed E-state index contributed by atoms with van der Waals surface area (Å²) in [5, 5.41) is 19.8. The van der Waals surface area contributed by atoms with Gasteiger partial charge in [-0.2, -0.15) is 0 Å². The number of carboxylic acids is 1. The predicted molar refractivity (Wildman–Crippen MR) is 72.6 cm³/mol. The van der Waals surface area contributed by atoms with Crippen LogP contribution in [-0.2, 0) is 16.0 Å². The van der Waals surface area contributed by atoms with E-state index in [4.69, 9.17) is 14.9 Å². The molecule has 0 spiro atoms. The van der Waals surface area contributed by atoms with Crippen LogP contribution in [0, 0.1) is 0 Å². The van der Waals surface area contributed by atoms with Crippen LogP contribution >= 0.6 is 0 Å². The summed E-state index contributed by atoms with van der Waals surface area (Å²) >= 11 is 0. The molecule has 0 saturated carbocycles. The maximum Gasteiger partial charge on any atom is 0.326 e. The Kier molecular flexibility index (Phi) is 6.52. The van der Waals surface area contributed by atoms with Crippen LogP contribution < -0.4 is 10.1 Å². The van der Waals surface area contributed by atoms with Crippen molar-refractivity contribution in [2.24, 2.45) is 0 Å². The minimum atomic E-state index is -1.18. The third-order valence-electron chi connectivity index (χ3n) is 2.75. The molecular weight excluding hydrogens is 262 g/mol. The van der Waals surface area contributed by atoms with Crippen LogP contribution in [0.2, 0.25) is 0 Å². The fourth-order valence-electron chi connectivity index (χ4n) is 1.59. The predicted octanol–water partition coefficient (Wildman–Crippen LogP) is 0.580. The zero-order chi connectivity index (χ0) is 15.0. The minimum absolute atomic E-state index is 0.0354. The van der Waals surface area contributed by atoms with Crippen molar-refractivity contribution in [3.05, 3.63) is 29.8 Å². The van der Waals surface area contributed by atoms with Crippen molar-refractivity contribution in [2.45, 2.75) is 25.8 Å². The van der Waals surface area contributed by atoms with Crippen molar-refractivity contribution in [3.63, 3.8) is 0 Å². The Morgan fingerprint density at radius 3 is 2.45 bits per heavy atom. The number of aliphatic carboxylic acids is 1. The molecule has 1 atom stereocenters. The fourth-order valence-corrected chi connectivity index (χ4v) is 1.59. The summed E-state index contributed by atoms with van der Waals surface area (Å²) in [7, 11) is 0. The van der Waals surface area contributed by atoms with Gasteiger partial charge < -0.3 is 20.3 Å². The molecular formula is C14H19NO5. The normalized spacial score (nSPS) is 11.7. The molecule has 0 aliphatic rings. The van der Waals surface area contributed by atoms with Gasteiger partial charge in [0.2, 0.25) is 0 Å². The summed E-state index contributed by atoms with van der Waals surface area (Å²) in [6.07, 6.45) is 0.883. The van der Waals surface area contributed by atoms with Gasteiger partial charge in [0.05, 0.1) is 0 Å². The first kappa shape index (κ1) is 16.0. The quantitative estimate of drug-likeness (QED) is 0.648. The average molecular weight is 281 g/mol. The lowest BCUT2D eigenvalue weighted by atomic mass is 10.2. The number of carbonyl (C=O) groups is 2. The largest absolute Gasteiger partial charge is 0.484 e. The van der Waals surface area contributed by atoms with Gasteiger partial charge >= 0.3 is 5.97 Å². The Labute approximate surface area is 117 Å². The lowest BCUT2D eigenvalue weighted by molar-refractivity contribution is -0.142. The molecule has 3 N–H and O–H groups in total. The number of aryl methyl sites for hydroxylation is 1. The monoisotopic (exact) mass is 281 g/mol. The minimum Gasteiger partial charge on any atom is -0.484 e. The van der Waals surface area contributed by atoms with Crippen molar-refractivity contribution in [1.82, 2.24) is 5.32 Å². The molecule has 6 heteroatoms. The highest BCUT2D eigenvalue weighted by atomic mass is 16.5. The van der Waals surface area contributed by atoms with E-state index in [1.807, 2.05) is 19.1 Å². The molecule has 0 saturated heterocycles. The molecule has 6 nitrogen and oxygen atoms in total. The summed E-state index contributed by atoms with van der Waals surface area (Å²) in [5.74, 6) is -1.17. The number of aliphatic hydroxyl groups excluding tert-OH is 1. The molecule has 0 aliphatic carbocycles. The molecule has 0 radical (unpaired) electrons. The highest BCUT2D eigenvalue weighted by Gasteiger charge is 2.19. The number of carbonyl (C=O) groups excluding carboxylic acids is 1. The molecule has 0 bridgehead atoms. The topological polar surface area (TPSA) is 95.9 Å². The summed E-state index contributed by atoms with van der Waals surface area (Å²) in [6.45, 7) is 1.47.